The van der Waals surface area contributed by atoms with Crippen molar-refractivity contribution in [3.8, 4) is 11.5 Å². The largest absolute Gasteiger partial charge is 0.507 e. The summed E-state index contributed by atoms with van der Waals surface area (Å²) in [6.45, 7) is 24.5. The van der Waals surface area contributed by atoms with Gasteiger partial charge in [-0.3, -0.25) is 9.59 Å². The molecule has 0 aromatic heterocycles. The number of carbonyl (C=O) groups is 2. The molecule has 2 aromatic carbocycles. The van der Waals surface area contributed by atoms with Crippen LogP contribution < -0.4 is 0 Å². The van der Waals surface area contributed by atoms with Crippen LogP contribution in [-0.4, -0.2) is 45.6 Å². The van der Waals surface area contributed by atoms with Crippen molar-refractivity contribution in [3.63, 3.8) is 0 Å². The molecule has 0 amide bonds. The van der Waals surface area contributed by atoms with Crippen LogP contribution in [-0.2, 0) is 31.2 Å². The van der Waals surface area contributed by atoms with Crippen molar-refractivity contribution >= 4 is 35.4 Å². The molecule has 0 radical (unpaired) electrons. The number of carbonyl (C=O) groups excluding carboxylic acids is 2. The number of ketones is 2. The van der Waals surface area contributed by atoms with Crippen molar-refractivity contribution in [3.05, 3.63) is 105 Å². The molecule has 262 valence electrons. The molecule has 2 N–H and O–H groups in total. The summed E-state index contributed by atoms with van der Waals surface area (Å²) < 4.78 is 0. The van der Waals surface area contributed by atoms with Crippen LogP contribution in [0.1, 0.15) is 116 Å². The molecule has 50 heavy (non-hydrogen) atoms. The summed E-state index contributed by atoms with van der Waals surface area (Å²) in [4.78, 5) is 25.9. The highest BCUT2D eigenvalue weighted by molar-refractivity contribution is 6.50. The fourth-order valence-electron chi connectivity index (χ4n) is 5.62. The van der Waals surface area contributed by atoms with Gasteiger partial charge in [0.05, 0.1) is 12.4 Å². The van der Waals surface area contributed by atoms with Gasteiger partial charge in [0.2, 0.25) is 11.6 Å². The third kappa shape index (κ3) is 8.78. The maximum atomic E-state index is 13.0. The van der Waals surface area contributed by atoms with E-state index < -0.39 is 0 Å². The highest BCUT2D eigenvalue weighted by Gasteiger charge is 2.28. The van der Waals surface area contributed by atoms with E-state index >= 15 is 0 Å². The summed E-state index contributed by atoms with van der Waals surface area (Å²) in [5.41, 5.74) is 5.12. The topological polar surface area (TPSA) is 124 Å². The number of phenols is 2. The lowest BCUT2D eigenvalue weighted by molar-refractivity contribution is -0.109. The Bertz CT molecular complexity index is 1760. The summed E-state index contributed by atoms with van der Waals surface area (Å²) in [5, 5.41) is 38.7. The van der Waals surface area contributed by atoms with Crippen molar-refractivity contribution < 1.29 is 19.8 Å². The molecule has 0 atom stereocenters. The van der Waals surface area contributed by atoms with Gasteiger partial charge in [-0.1, -0.05) is 95.2 Å². The van der Waals surface area contributed by atoms with Crippen LogP contribution in [0, 0.1) is 0 Å². The molecule has 8 heteroatoms. The van der Waals surface area contributed by atoms with Gasteiger partial charge >= 0.3 is 0 Å². The van der Waals surface area contributed by atoms with Crippen molar-refractivity contribution in [2.75, 3.05) is 0 Å². The monoisotopic (exact) mass is 674 g/mol. The van der Waals surface area contributed by atoms with E-state index in [2.05, 4.69) is 20.4 Å². The normalized spacial score (nSPS) is 17.8. The molecule has 2 aliphatic rings. The van der Waals surface area contributed by atoms with E-state index in [1.54, 1.807) is 36.7 Å². The van der Waals surface area contributed by atoms with Crippen LogP contribution in [0.5, 0.6) is 11.5 Å². The number of hydrogen-bond donors (Lipinski definition) is 2. The number of nitrogens with zero attached hydrogens (tertiary/aromatic N) is 4. The SMILES string of the molecule is CC(C)(C)c1cc(C=NN=C2C=CC(C3=CC(=O)C(=NN=Cc4cc(C(C)(C)C)c(O)c(C(C)(C)C)c4)C=C3)=CC2=O)cc(C(C)(C)C)c1O. The van der Waals surface area contributed by atoms with E-state index in [0.717, 1.165) is 33.4 Å². The Labute approximate surface area is 296 Å². The predicted molar refractivity (Wildman–Crippen MR) is 206 cm³/mol. The van der Waals surface area contributed by atoms with E-state index in [1.807, 2.05) is 107 Å². The molecule has 2 aromatic rings. The zero-order valence-electron chi connectivity index (χ0n) is 31.4. The highest BCUT2D eigenvalue weighted by Crippen LogP contribution is 2.41. The summed E-state index contributed by atoms with van der Waals surface area (Å²) in [6.07, 6.45) is 12.6. The minimum absolute atomic E-state index is 0.164. The van der Waals surface area contributed by atoms with Gasteiger partial charge in [-0.25, -0.2) is 0 Å². The second-order valence-corrected chi connectivity index (χ2v) is 17.0. The van der Waals surface area contributed by atoms with Crippen LogP contribution in [0.25, 0.3) is 0 Å². The van der Waals surface area contributed by atoms with Crippen molar-refractivity contribution in [1.29, 1.82) is 0 Å². The van der Waals surface area contributed by atoms with E-state index in [1.165, 1.54) is 12.2 Å². The van der Waals surface area contributed by atoms with E-state index in [4.69, 9.17) is 0 Å². The molecule has 0 saturated heterocycles. The zero-order valence-corrected chi connectivity index (χ0v) is 31.4. The molecule has 4 rings (SSSR count). The Morgan fingerprint density at radius 3 is 1.00 bits per heavy atom. The smallest absolute Gasteiger partial charge is 0.206 e. The quantitative estimate of drug-likeness (QED) is 0.187. The highest BCUT2D eigenvalue weighted by atomic mass is 16.3. The third-order valence-corrected chi connectivity index (χ3v) is 8.49. The van der Waals surface area contributed by atoms with Crippen LogP contribution in [0.4, 0.5) is 0 Å². The lowest BCUT2D eigenvalue weighted by atomic mass is 9.78. The Morgan fingerprint density at radius 2 is 0.760 bits per heavy atom. The van der Waals surface area contributed by atoms with E-state index in [-0.39, 0.29) is 56.1 Å². The predicted octanol–water partition coefficient (Wildman–Crippen LogP) is 8.67. The summed E-state index contributed by atoms with van der Waals surface area (Å²) >= 11 is 0. The number of phenolic OH excluding ortho intramolecular Hbond substituents is 2. The number of rotatable bonds is 5. The minimum Gasteiger partial charge on any atom is -0.507 e. The van der Waals surface area contributed by atoms with Gasteiger partial charge in [-0.2, -0.15) is 10.2 Å². The van der Waals surface area contributed by atoms with Gasteiger partial charge < -0.3 is 10.2 Å². The molecule has 0 saturated carbocycles. The zero-order chi connectivity index (χ0) is 37.4. The van der Waals surface area contributed by atoms with E-state index in [0.29, 0.717) is 11.1 Å². The molecule has 8 nitrogen and oxygen atoms in total. The first-order valence-corrected chi connectivity index (χ1v) is 16.8. The van der Waals surface area contributed by atoms with Crippen LogP contribution in [0.2, 0.25) is 0 Å². The molecule has 0 spiro atoms. The first-order chi connectivity index (χ1) is 23.0. The van der Waals surface area contributed by atoms with Gasteiger partial charge in [0, 0.05) is 22.3 Å². The summed E-state index contributed by atoms with van der Waals surface area (Å²) in [6, 6.07) is 7.58. The molecule has 0 bridgehead atoms. The van der Waals surface area contributed by atoms with Crippen molar-refractivity contribution in [2.45, 2.75) is 105 Å². The van der Waals surface area contributed by atoms with Crippen LogP contribution >= 0.6 is 0 Å². The first-order valence-electron chi connectivity index (χ1n) is 16.8. The average Bonchev–Trinajstić information content (AvgIpc) is 2.97. The first kappa shape index (κ1) is 37.8. The van der Waals surface area contributed by atoms with Gasteiger partial charge in [-0.05, 0) is 92.5 Å². The van der Waals surface area contributed by atoms with Crippen LogP contribution in [0.3, 0.4) is 0 Å². The minimum atomic E-state index is -0.333. The fourth-order valence-corrected chi connectivity index (χ4v) is 5.62. The van der Waals surface area contributed by atoms with Gasteiger partial charge in [0.1, 0.15) is 22.9 Å². The Morgan fingerprint density at radius 1 is 0.480 bits per heavy atom. The van der Waals surface area contributed by atoms with Crippen molar-refractivity contribution in [1.82, 2.24) is 0 Å². The maximum absolute atomic E-state index is 13.0. The fraction of sp³-hybridized carbons (Fsp3) is 0.381. The molecule has 0 unspecified atom stereocenters. The van der Waals surface area contributed by atoms with Crippen LogP contribution in [0.15, 0.2) is 92.3 Å². The van der Waals surface area contributed by atoms with Gasteiger partial charge in [0.15, 0.2) is 0 Å². The van der Waals surface area contributed by atoms with Crippen molar-refractivity contribution in [2.24, 2.45) is 20.4 Å². The molecule has 0 fully saturated rings. The molecule has 2 aliphatic carbocycles. The maximum Gasteiger partial charge on any atom is 0.206 e. The lowest BCUT2D eigenvalue weighted by Crippen LogP contribution is -2.18. The summed E-state index contributed by atoms with van der Waals surface area (Å²) in [5.74, 6) is -0.100. The number of benzene rings is 2. The number of aromatic hydroxyl groups is 2. The van der Waals surface area contributed by atoms with Gasteiger partial charge in [-0.15, -0.1) is 10.2 Å². The molecular weight excluding hydrogens is 624 g/mol. The lowest BCUT2D eigenvalue weighted by Gasteiger charge is -2.27. The average molecular weight is 675 g/mol. The summed E-state index contributed by atoms with van der Waals surface area (Å²) in [7, 11) is 0. The second kappa shape index (κ2) is 13.7. The number of hydrogen-bond acceptors (Lipinski definition) is 8. The molecule has 0 heterocycles. The standard InChI is InChI=1S/C42H50N4O4/c1-39(2,3)29-17-25(18-30(37(29)49)40(4,5)6)23-43-45-33-15-13-27(21-35(33)47)28-14-16-34(36(48)22-28)46-44-24-26-19-31(41(7,8)9)38(50)32(20-26)42(10,11)12/h13-24,49-50H,1-12H3. The third-order valence-electron chi connectivity index (χ3n) is 8.49. The molecule has 0 aliphatic heterocycles. The Kier molecular flexibility index (Phi) is 10.4. The van der Waals surface area contributed by atoms with Gasteiger partial charge in [0.25, 0.3) is 0 Å². The molecular formula is C42H50N4O4. The Balaban J connectivity index is 1.50. The Hall–Kier alpha value is -4.98. The van der Waals surface area contributed by atoms with E-state index in [9.17, 15) is 19.8 Å². The second-order valence-electron chi connectivity index (χ2n) is 17.0. The number of allylic oxidation sites excluding steroid dienone is 8.